The van der Waals surface area contributed by atoms with Gasteiger partial charge >= 0.3 is 6.03 Å². The van der Waals surface area contributed by atoms with Crippen LogP contribution in [0.5, 0.6) is 0 Å². The number of urea groups is 1. The van der Waals surface area contributed by atoms with Crippen LogP contribution in [0.15, 0.2) is 109 Å². The fraction of sp³-hybridized carbons (Fsp3) is 0.386. The highest BCUT2D eigenvalue weighted by Gasteiger charge is 2.55. The fourth-order valence-corrected chi connectivity index (χ4v) is 7.46. The van der Waals surface area contributed by atoms with Gasteiger partial charge in [0.2, 0.25) is 0 Å². The van der Waals surface area contributed by atoms with Gasteiger partial charge in [-0.2, -0.15) is 0 Å². The Hall–Kier alpha value is -4.99. The van der Waals surface area contributed by atoms with E-state index in [0.717, 1.165) is 22.3 Å². The van der Waals surface area contributed by atoms with Gasteiger partial charge in [0, 0.05) is 36.3 Å². The Morgan fingerprint density at radius 3 is 1.36 bits per heavy atom. The predicted octanol–water partition coefficient (Wildman–Crippen LogP) is 7.14. The van der Waals surface area contributed by atoms with Crippen LogP contribution in [0.3, 0.4) is 0 Å². The topological polar surface area (TPSA) is 100 Å². The Bertz CT molecular complexity index is 1750. The summed E-state index contributed by atoms with van der Waals surface area (Å²) in [6.45, 7) is 12.1. The zero-order chi connectivity index (χ0) is 37.7. The molecule has 53 heavy (non-hydrogen) atoms. The van der Waals surface area contributed by atoms with Crippen LogP contribution in [0.2, 0.25) is 0 Å². The second-order valence-electron chi connectivity index (χ2n) is 15.3. The molecule has 2 aliphatic rings. The van der Waals surface area contributed by atoms with E-state index in [1.165, 1.54) is 0 Å². The smallest absolute Gasteiger partial charge is 0.321 e. The van der Waals surface area contributed by atoms with Gasteiger partial charge < -0.3 is 29.9 Å². The van der Waals surface area contributed by atoms with Crippen LogP contribution in [0, 0.1) is 0 Å². The molecule has 9 heteroatoms. The summed E-state index contributed by atoms with van der Waals surface area (Å²) in [6, 6.07) is 34.3. The molecule has 2 fully saturated rings. The lowest BCUT2D eigenvalue weighted by molar-refractivity contribution is -0.157. The lowest BCUT2D eigenvalue weighted by atomic mass is 9.90. The molecular formula is C44H52N4O5. The first-order valence-electron chi connectivity index (χ1n) is 18.7. The summed E-state index contributed by atoms with van der Waals surface area (Å²) in [5.41, 5.74) is 4.88. The summed E-state index contributed by atoms with van der Waals surface area (Å²) in [5.74, 6) is -1.23. The molecule has 278 valence electrons. The van der Waals surface area contributed by atoms with Crippen molar-refractivity contribution in [1.82, 2.24) is 20.4 Å². The van der Waals surface area contributed by atoms with E-state index in [1.807, 2.05) is 124 Å². The summed E-state index contributed by atoms with van der Waals surface area (Å²) in [5, 5.41) is 5.97. The number of hydrogen-bond donors (Lipinski definition) is 2. The van der Waals surface area contributed by atoms with Gasteiger partial charge in [-0.1, -0.05) is 84.9 Å². The number of nitrogens with zero attached hydrogens (tertiary/aromatic N) is 2. The van der Waals surface area contributed by atoms with E-state index < -0.39 is 30.1 Å². The van der Waals surface area contributed by atoms with Crippen molar-refractivity contribution in [2.45, 2.75) is 110 Å². The summed E-state index contributed by atoms with van der Waals surface area (Å²) in [4.78, 5) is 45.5. The van der Waals surface area contributed by atoms with Crippen LogP contribution in [0.4, 0.5) is 4.79 Å². The van der Waals surface area contributed by atoms with Crippen LogP contribution in [0.25, 0.3) is 0 Å². The molecule has 0 aliphatic carbocycles. The molecule has 4 aromatic carbocycles. The van der Waals surface area contributed by atoms with Crippen LogP contribution in [0.1, 0.15) is 84.5 Å². The zero-order valence-electron chi connectivity index (χ0n) is 31.6. The second-order valence-corrected chi connectivity index (χ2v) is 15.3. The summed E-state index contributed by atoms with van der Waals surface area (Å²) in [7, 11) is 0. The van der Waals surface area contributed by atoms with E-state index in [-0.39, 0.29) is 43.0 Å². The quantitative estimate of drug-likeness (QED) is 0.162. The largest absolute Gasteiger partial charge is 0.350 e. The minimum Gasteiger partial charge on any atom is -0.350 e. The lowest BCUT2D eigenvalue weighted by Crippen LogP contribution is -2.51. The monoisotopic (exact) mass is 716 g/mol. The van der Waals surface area contributed by atoms with E-state index >= 15 is 4.79 Å². The average Bonchev–Trinajstić information content (AvgIpc) is 3.43. The third-order valence-electron chi connectivity index (χ3n) is 9.71. The molecule has 4 atom stereocenters. The number of hydrogen-bond acceptors (Lipinski definition) is 5. The number of fused-ring (bicyclic) bond motifs is 1. The van der Waals surface area contributed by atoms with Crippen molar-refractivity contribution >= 4 is 17.8 Å². The van der Waals surface area contributed by atoms with Gasteiger partial charge in [0.25, 0.3) is 11.8 Å². The van der Waals surface area contributed by atoms with Crippen molar-refractivity contribution in [3.8, 4) is 0 Å². The van der Waals surface area contributed by atoms with Crippen molar-refractivity contribution in [3.05, 3.63) is 143 Å². The molecule has 9 nitrogen and oxygen atoms in total. The van der Waals surface area contributed by atoms with Crippen molar-refractivity contribution in [2.75, 3.05) is 0 Å². The third-order valence-corrected chi connectivity index (χ3v) is 9.71. The van der Waals surface area contributed by atoms with Crippen molar-refractivity contribution in [2.24, 2.45) is 0 Å². The van der Waals surface area contributed by atoms with Gasteiger partial charge in [0.15, 0.2) is 5.79 Å². The number of ether oxygens (including phenoxy) is 2. The van der Waals surface area contributed by atoms with E-state index in [4.69, 9.17) is 9.47 Å². The minimum atomic E-state index is -0.902. The predicted molar refractivity (Wildman–Crippen MR) is 206 cm³/mol. The maximum atomic E-state index is 15.5. The maximum Gasteiger partial charge on any atom is 0.321 e. The molecule has 4 amide bonds. The summed E-state index contributed by atoms with van der Waals surface area (Å²) in [6.07, 6.45) is 0.140. The summed E-state index contributed by atoms with van der Waals surface area (Å²) < 4.78 is 13.7. The van der Waals surface area contributed by atoms with Crippen molar-refractivity contribution < 1.29 is 23.9 Å². The third kappa shape index (κ3) is 9.33. The molecule has 0 saturated carbocycles. The maximum absolute atomic E-state index is 15.5. The Morgan fingerprint density at radius 1 is 0.604 bits per heavy atom. The van der Waals surface area contributed by atoms with E-state index in [9.17, 15) is 9.59 Å². The SMILES string of the molecule is CC(C)NC(=O)c1cccc(CN2C(=O)N(Cc3cccc(C(=O)NC(C)C)c3)[C@H](Cc3ccccc3)[C@@H]3OC(C)(C)O[C@H]3[C@H]2Cc2ccccc2)c1. The highest BCUT2D eigenvalue weighted by atomic mass is 16.8. The molecule has 2 N–H and O–H groups in total. The second kappa shape index (κ2) is 16.4. The highest BCUT2D eigenvalue weighted by molar-refractivity contribution is 5.95. The van der Waals surface area contributed by atoms with Crippen LogP contribution in [-0.4, -0.2) is 69.8 Å². The number of carbonyl (C=O) groups is 3. The van der Waals surface area contributed by atoms with Crippen LogP contribution >= 0.6 is 0 Å². The van der Waals surface area contributed by atoms with E-state index in [1.54, 1.807) is 12.1 Å². The number of nitrogens with one attached hydrogen (secondary N) is 2. The van der Waals surface area contributed by atoms with Gasteiger partial charge in [-0.05, 0) is 101 Å². The van der Waals surface area contributed by atoms with Crippen molar-refractivity contribution in [3.63, 3.8) is 0 Å². The standard InChI is InChI=1S/C44H52N4O5/c1-29(2)45-41(49)35-21-13-19-33(23-35)27-47-37(25-31-15-9-7-10-16-31)39-40(53-44(5,6)52-39)38(26-32-17-11-8-12-18-32)48(43(47)51)28-34-20-14-22-36(24-34)42(50)46-30(3)4/h7-24,29-30,37-40H,25-28H2,1-6H3,(H,45,49)(H,46,50)/t37-,38-,39+,40+/m1/s1. The van der Waals surface area contributed by atoms with Crippen LogP contribution < -0.4 is 10.6 Å². The average molecular weight is 717 g/mol. The molecule has 2 saturated heterocycles. The van der Waals surface area contributed by atoms with E-state index in [2.05, 4.69) is 34.9 Å². The Balaban J connectivity index is 1.47. The first kappa shape index (κ1) is 37.8. The number of carbonyl (C=O) groups excluding carboxylic acids is 3. The first-order valence-corrected chi connectivity index (χ1v) is 18.7. The molecule has 0 radical (unpaired) electrons. The molecule has 2 heterocycles. The number of amides is 4. The molecule has 2 aliphatic heterocycles. The van der Waals surface area contributed by atoms with Gasteiger partial charge in [-0.25, -0.2) is 4.79 Å². The zero-order valence-corrected chi connectivity index (χ0v) is 31.6. The van der Waals surface area contributed by atoms with Gasteiger partial charge in [-0.15, -0.1) is 0 Å². The molecule has 0 aromatic heterocycles. The van der Waals surface area contributed by atoms with Gasteiger partial charge in [0.05, 0.1) is 12.1 Å². The fourth-order valence-electron chi connectivity index (χ4n) is 7.46. The van der Waals surface area contributed by atoms with E-state index in [0.29, 0.717) is 24.0 Å². The van der Waals surface area contributed by atoms with Gasteiger partial charge in [0.1, 0.15) is 12.2 Å². The lowest BCUT2D eigenvalue weighted by Gasteiger charge is -2.37. The molecule has 0 unspecified atom stereocenters. The molecule has 0 bridgehead atoms. The Kier molecular flexibility index (Phi) is 11.6. The summed E-state index contributed by atoms with van der Waals surface area (Å²) >= 11 is 0. The number of benzene rings is 4. The van der Waals surface area contributed by atoms with Crippen LogP contribution in [-0.2, 0) is 35.4 Å². The highest BCUT2D eigenvalue weighted by Crippen LogP contribution is 2.40. The molecule has 6 rings (SSSR count). The number of rotatable bonds is 12. The Morgan fingerprint density at radius 2 is 0.981 bits per heavy atom. The molecule has 4 aromatic rings. The van der Waals surface area contributed by atoms with Crippen molar-refractivity contribution in [1.29, 1.82) is 0 Å². The molecular weight excluding hydrogens is 665 g/mol. The first-order chi connectivity index (χ1) is 25.4. The normalized spacial score (nSPS) is 21.0. The minimum absolute atomic E-state index is 0.0153. The Labute approximate surface area is 313 Å². The van der Waals surface area contributed by atoms with Gasteiger partial charge in [-0.3, -0.25) is 9.59 Å². The molecule has 0 spiro atoms.